The maximum atomic E-state index is 13.0. The quantitative estimate of drug-likeness (QED) is 0.617. The third-order valence-corrected chi connectivity index (χ3v) is 6.85. The summed E-state index contributed by atoms with van der Waals surface area (Å²) in [6.07, 6.45) is 7.06. The fourth-order valence-corrected chi connectivity index (χ4v) is 4.85. The van der Waals surface area contributed by atoms with Gasteiger partial charge < -0.3 is 25.2 Å². The van der Waals surface area contributed by atoms with Gasteiger partial charge in [0.1, 0.15) is 6.33 Å². The Morgan fingerprint density at radius 1 is 1.09 bits per heavy atom. The van der Waals surface area contributed by atoms with Gasteiger partial charge in [0.05, 0.1) is 6.10 Å². The SMILES string of the molecule is CCn1c(C(=O)NC2CCC(O)CC2)nc2c(N[C@H]3CCN(C(=O)C4CC4)C3)ncnc21. The lowest BCUT2D eigenvalue weighted by molar-refractivity contribution is -0.131. The second-order valence-electron chi connectivity index (χ2n) is 9.24. The van der Waals surface area contributed by atoms with E-state index >= 15 is 0 Å². The second-order valence-corrected chi connectivity index (χ2v) is 9.24. The van der Waals surface area contributed by atoms with Gasteiger partial charge in [-0.25, -0.2) is 15.0 Å². The molecule has 1 atom stereocenters. The van der Waals surface area contributed by atoms with E-state index in [0.717, 1.165) is 38.6 Å². The Balaban J connectivity index is 1.33. The molecule has 3 N–H and O–H groups in total. The van der Waals surface area contributed by atoms with Crippen LogP contribution in [0.4, 0.5) is 5.82 Å². The van der Waals surface area contributed by atoms with E-state index < -0.39 is 0 Å². The molecule has 1 saturated heterocycles. The first kappa shape index (κ1) is 21.1. The average molecular weight is 442 g/mol. The van der Waals surface area contributed by atoms with Crippen molar-refractivity contribution in [3.8, 4) is 0 Å². The van der Waals surface area contributed by atoms with Gasteiger partial charge in [-0.05, 0) is 51.9 Å². The maximum Gasteiger partial charge on any atom is 0.287 e. The van der Waals surface area contributed by atoms with Gasteiger partial charge in [0, 0.05) is 37.6 Å². The molecule has 0 radical (unpaired) electrons. The van der Waals surface area contributed by atoms with Crippen LogP contribution >= 0.6 is 0 Å². The van der Waals surface area contributed by atoms with Crippen LogP contribution in [-0.4, -0.2) is 72.6 Å². The Morgan fingerprint density at radius 3 is 2.59 bits per heavy atom. The number of nitrogens with zero attached hydrogens (tertiary/aromatic N) is 5. The topological polar surface area (TPSA) is 125 Å². The molecule has 3 fully saturated rings. The van der Waals surface area contributed by atoms with E-state index in [1.807, 2.05) is 16.4 Å². The summed E-state index contributed by atoms with van der Waals surface area (Å²) in [4.78, 5) is 40.7. The highest BCUT2D eigenvalue weighted by Crippen LogP contribution is 2.32. The molecule has 2 aromatic heterocycles. The molecule has 10 heteroatoms. The van der Waals surface area contributed by atoms with Gasteiger partial charge in [0.15, 0.2) is 17.0 Å². The number of imidazole rings is 1. The lowest BCUT2D eigenvalue weighted by atomic mass is 9.93. The molecule has 0 spiro atoms. The number of aliphatic hydroxyl groups is 1. The Morgan fingerprint density at radius 2 is 1.88 bits per heavy atom. The fourth-order valence-electron chi connectivity index (χ4n) is 4.85. The number of nitrogens with one attached hydrogen (secondary N) is 2. The summed E-state index contributed by atoms with van der Waals surface area (Å²) in [5, 5.41) is 16.2. The van der Waals surface area contributed by atoms with Gasteiger partial charge in [-0.3, -0.25) is 9.59 Å². The molecule has 0 bridgehead atoms. The standard InChI is InChI=1S/C22H31N7O3/c1-2-29-19-17(27-20(29)21(31)26-14-5-7-16(30)8-6-14)18(23-12-24-19)25-15-9-10-28(11-15)22(32)13-3-4-13/h12-16,30H,2-11H2,1H3,(H,26,31)(H,23,24,25)/t14?,15-,16?/m0/s1. The smallest absolute Gasteiger partial charge is 0.287 e. The summed E-state index contributed by atoms with van der Waals surface area (Å²) in [6, 6.07) is 0.154. The molecule has 2 saturated carbocycles. The third kappa shape index (κ3) is 4.15. The van der Waals surface area contributed by atoms with Crippen molar-refractivity contribution >= 4 is 28.8 Å². The first-order chi connectivity index (χ1) is 15.5. The number of rotatable bonds is 6. The summed E-state index contributed by atoms with van der Waals surface area (Å²) >= 11 is 0. The molecule has 32 heavy (non-hydrogen) atoms. The van der Waals surface area contributed by atoms with Crippen molar-refractivity contribution in [2.45, 2.75) is 76.6 Å². The number of carbonyl (C=O) groups excluding carboxylic acids is 2. The number of amides is 2. The molecule has 0 aromatic carbocycles. The Bertz CT molecular complexity index is 1010. The van der Waals surface area contributed by atoms with Gasteiger partial charge in [-0.2, -0.15) is 0 Å². The minimum absolute atomic E-state index is 0.0492. The zero-order valence-electron chi connectivity index (χ0n) is 18.5. The minimum atomic E-state index is -0.265. The van der Waals surface area contributed by atoms with Crippen molar-refractivity contribution in [2.24, 2.45) is 5.92 Å². The van der Waals surface area contributed by atoms with Crippen molar-refractivity contribution in [3.63, 3.8) is 0 Å². The predicted molar refractivity (Wildman–Crippen MR) is 118 cm³/mol. The van der Waals surface area contributed by atoms with Crippen LogP contribution < -0.4 is 10.6 Å². The Labute approximate surface area is 186 Å². The predicted octanol–water partition coefficient (Wildman–Crippen LogP) is 1.30. The number of aromatic nitrogens is 4. The van der Waals surface area contributed by atoms with Gasteiger partial charge in [-0.15, -0.1) is 0 Å². The summed E-state index contributed by atoms with van der Waals surface area (Å²) < 4.78 is 1.81. The molecule has 2 aromatic rings. The van der Waals surface area contributed by atoms with Crippen molar-refractivity contribution in [1.82, 2.24) is 29.7 Å². The van der Waals surface area contributed by atoms with E-state index in [1.54, 1.807) is 0 Å². The van der Waals surface area contributed by atoms with Crippen molar-refractivity contribution in [1.29, 1.82) is 0 Å². The van der Waals surface area contributed by atoms with Crippen LogP contribution in [0.2, 0.25) is 0 Å². The van der Waals surface area contributed by atoms with E-state index in [1.165, 1.54) is 6.33 Å². The maximum absolute atomic E-state index is 13.0. The highest BCUT2D eigenvalue weighted by molar-refractivity contribution is 5.96. The van der Waals surface area contributed by atoms with E-state index in [2.05, 4.69) is 25.6 Å². The Hall–Kier alpha value is -2.75. The molecule has 3 heterocycles. The van der Waals surface area contributed by atoms with Crippen molar-refractivity contribution in [2.75, 3.05) is 18.4 Å². The fraction of sp³-hybridized carbons (Fsp3) is 0.682. The van der Waals surface area contributed by atoms with Crippen LogP contribution in [0.5, 0.6) is 0 Å². The van der Waals surface area contributed by atoms with Crippen LogP contribution in [0, 0.1) is 5.92 Å². The van der Waals surface area contributed by atoms with Crippen molar-refractivity contribution < 1.29 is 14.7 Å². The van der Waals surface area contributed by atoms with Crippen LogP contribution in [0.1, 0.15) is 62.5 Å². The number of anilines is 1. The molecule has 2 amide bonds. The third-order valence-electron chi connectivity index (χ3n) is 6.85. The molecule has 1 aliphatic heterocycles. The molecule has 0 unspecified atom stereocenters. The number of fused-ring (bicyclic) bond motifs is 1. The van der Waals surface area contributed by atoms with Crippen LogP contribution in [0.15, 0.2) is 6.33 Å². The summed E-state index contributed by atoms with van der Waals surface area (Å²) in [7, 11) is 0. The first-order valence-electron chi connectivity index (χ1n) is 11.8. The van der Waals surface area contributed by atoms with Gasteiger partial charge in [0.25, 0.3) is 5.91 Å². The molecular formula is C22H31N7O3. The molecule has 3 aliphatic rings. The first-order valence-corrected chi connectivity index (χ1v) is 11.8. The zero-order valence-corrected chi connectivity index (χ0v) is 18.5. The normalized spacial score (nSPS) is 25.8. The van der Waals surface area contributed by atoms with E-state index in [9.17, 15) is 14.7 Å². The second kappa shape index (κ2) is 8.65. The van der Waals surface area contributed by atoms with E-state index in [4.69, 9.17) is 0 Å². The number of aliphatic hydroxyl groups excluding tert-OH is 1. The summed E-state index contributed by atoms with van der Waals surface area (Å²) in [5.74, 6) is 1.20. The molecule has 10 nitrogen and oxygen atoms in total. The number of carbonyl (C=O) groups is 2. The largest absolute Gasteiger partial charge is 0.393 e. The number of aryl methyl sites for hydroxylation is 1. The average Bonchev–Trinajstić information content (AvgIpc) is 3.42. The van der Waals surface area contributed by atoms with Crippen LogP contribution in [0.3, 0.4) is 0 Å². The van der Waals surface area contributed by atoms with Gasteiger partial charge in [-0.1, -0.05) is 0 Å². The zero-order chi connectivity index (χ0) is 22.2. The molecule has 5 rings (SSSR count). The molecular weight excluding hydrogens is 410 g/mol. The summed E-state index contributed by atoms with van der Waals surface area (Å²) in [6.45, 7) is 3.94. The number of hydrogen-bond acceptors (Lipinski definition) is 7. The van der Waals surface area contributed by atoms with Crippen LogP contribution in [0.25, 0.3) is 11.2 Å². The number of likely N-dealkylation sites (tertiary alicyclic amines) is 1. The number of hydrogen-bond donors (Lipinski definition) is 3. The van der Waals surface area contributed by atoms with Crippen LogP contribution in [-0.2, 0) is 11.3 Å². The van der Waals surface area contributed by atoms with Gasteiger partial charge in [0.2, 0.25) is 11.7 Å². The Kier molecular flexibility index (Phi) is 5.71. The molecule has 2 aliphatic carbocycles. The van der Waals surface area contributed by atoms with E-state index in [-0.39, 0.29) is 35.9 Å². The molecule has 172 valence electrons. The van der Waals surface area contributed by atoms with E-state index in [0.29, 0.717) is 48.7 Å². The highest BCUT2D eigenvalue weighted by Gasteiger charge is 2.37. The summed E-state index contributed by atoms with van der Waals surface area (Å²) in [5.41, 5.74) is 1.20. The van der Waals surface area contributed by atoms with Gasteiger partial charge >= 0.3 is 0 Å². The van der Waals surface area contributed by atoms with Crippen molar-refractivity contribution in [3.05, 3.63) is 12.2 Å². The lowest BCUT2D eigenvalue weighted by Gasteiger charge is -2.26. The monoisotopic (exact) mass is 441 g/mol. The highest BCUT2D eigenvalue weighted by atomic mass is 16.3. The lowest BCUT2D eigenvalue weighted by Crippen LogP contribution is -2.39. The minimum Gasteiger partial charge on any atom is -0.393 e.